The Morgan fingerprint density at radius 3 is 2.64 bits per heavy atom. The molecule has 0 aromatic heterocycles. The second-order valence-corrected chi connectivity index (χ2v) is 6.45. The first-order chi connectivity index (χ1) is 11.6. The van der Waals surface area contributed by atoms with Crippen LogP contribution >= 0.6 is 24.0 Å². The van der Waals surface area contributed by atoms with E-state index in [1.54, 1.807) is 11.0 Å². The summed E-state index contributed by atoms with van der Waals surface area (Å²) in [6.07, 6.45) is 1.91. The van der Waals surface area contributed by atoms with Gasteiger partial charge in [-0.2, -0.15) is 0 Å². The maximum atomic E-state index is 12.2. The van der Waals surface area contributed by atoms with Crippen molar-refractivity contribution in [3.8, 4) is 16.9 Å². The largest absolute Gasteiger partial charge is 0.482 e. The number of hydrogen-bond acceptors (Lipinski definition) is 3. The van der Waals surface area contributed by atoms with Crippen LogP contribution < -0.4 is 10.5 Å². The Balaban J connectivity index is 0.00000225. The molecule has 1 unspecified atom stereocenters. The highest BCUT2D eigenvalue weighted by atomic mass is 35.5. The highest BCUT2D eigenvalue weighted by molar-refractivity contribution is 6.32. The Morgan fingerprint density at radius 1 is 1.20 bits per heavy atom. The SMILES string of the molecule is Cl.NC1CCCN(C(=O)COc2ccc(-c3ccccc3)cc2Cl)C1. The van der Waals surface area contributed by atoms with Gasteiger partial charge in [0.1, 0.15) is 5.75 Å². The molecule has 0 aliphatic carbocycles. The van der Waals surface area contributed by atoms with Crippen LogP contribution in [-0.4, -0.2) is 36.5 Å². The molecule has 1 saturated heterocycles. The van der Waals surface area contributed by atoms with Gasteiger partial charge in [0, 0.05) is 19.1 Å². The third-order valence-corrected chi connectivity index (χ3v) is 4.50. The smallest absolute Gasteiger partial charge is 0.260 e. The van der Waals surface area contributed by atoms with Gasteiger partial charge in [-0.1, -0.05) is 48.0 Å². The van der Waals surface area contributed by atoms with Crippen LogP contribution in [0.25, 0.3) is 11.1 Å². The second kappa shape index (κ2) is 9.09. The Morgan fingerprint density at radius 2 is 1.96 bits per heavy atom. The molecule has 1 atom stereocenters. The second-order valence-electron chi connectivity index (χ2n) is 6.04. The minimum atomic E-state index is -0.0478. The molecule has 0 spiro atoms. The van der Waals surface area contributed by atoms with Crippen LogP contribution in [0.4, 0.5) is 0 Å². The number of ether oxygens (including phenoxy) is 1. The number of halogens is 2. The quantitative estimate of drug-likeness (QED) is 0.878. The number of likely N-dealkylation sites (tertiary alicyclic amines) is 1. The normalized spacial score (nSPS) is 16.9. The Labute approximate surface area is 159 Å². The minimum absolute atomic E-state index is 0. The third-order valence-electron chi connectivity index (χ3n) is 4.20. The maximum Gasteiger partial charge on any atom is 0.260 e. The van der Waals surface area contributed by atoms with Crippen molar-refractivity contribution >= 4 is 29.9 Å². The van der Waals surface area contributed by atoms with E-state index in [1.807, 2.05) is 42.5 Å². The fourth-order valence-electron chi connectivity index (χ4n) is 2.90. The number of rotatable bonds is 4. The van der Waals surface area contributed by atoms with Gasteiger partial charge in [0.2, 0.25) is 0 Å². The molecule has 1 heterocycles. The zero-order valence-electron chi connectivity index (χ0n) is 13.9. The Kier molecular flexibility index (Phi) is 7.12. The first-order valence-electron chi connectivity index (χ1n) is 8.14. The lowest BCUT2D eigenvalue weighted by molar-refractivity contribution is -0.134. The molecule has 6 heteroatoms. The van der Waals surface area contributed by atoms with Gasteiger partial charge >= 0.3 is 0 Å². The van der Waals surface area contributed by atoms with Gasteiger partial charge in [-0.15, -0.1) is 12.4 Å². The topological polar surface area (TPSA) is 55.6 Å². The molecule has 25 heavy (non-hydrogen) atoms. The highest BCUT2D eigenvalue weighted by Crippen LogP contribution is 2.30. The summed E-state index contributed by atoms with van der Waals surface area (Å²) >= 11 is 6.30. The molecular weight excluding hydrogens is 359 g/mol. The number of nitrogens with two attached hydrogens (primary N) is 1. The van der Waals surface area contributed by atoms with E-state index in [0.717, 1.165) is 30.5 Å². The Bertz CT molecular complexity index is 710. The average molecular weight is 381 g/mol. The minimum Gasteiger partial charge on any atom is -0.482 e. The molecule has 134 valence electrons. The molecule has 2 N–H and O–H groups in total. The van der Waals surface area contributed by atoms with Gasteiger partial charge in [-0.05, 0) is 36.1 Å². The van der Waals surface area contributed by atoms with E-state index in [9.17, 15) is 4.79 Å². The van der Waals surface area contributed by atoms with Crippen molar-refractivity contribution in [2.45, 2.75) is 18.9 Å². The monoisotopic (exact) mass is 380 g/mol. The number of amides is 1. The van der Waals surface area contributed by atoms with Crippen LogP contribution in [0.5, 0.6) is 5.75 Å². The first kappa shape index (κ1) is 19.6. The fourth-order valence-corrected chi connectivity index (χ4v) is 3.13. The van der Waals surface area contributed by atoms with Crippen molar-refractivity contribution in [1.29, 1.82) is 0 Å². The summed E-state index contributed by atoms with van der Waals surface area (Å²) in [5, 5.41) is 0.500. The molecule has 3 rings (SSSR count). The summed E-state index contributed by atoms with van der Waals surface area (Å²) in [6, 6.07) is 15.7. The highest BCUT2D eigenvalue weighted by Gasteiger charge is 2.21. The Hall–Kier alpha value is -1.75. The average Bonchev–Trinajstić information content (AvgIpc) is 2.61. The van der Waals surface area contributed by atoms with E-state index < -0.39 is 0 Å². The van der Waals surface area contributed by atoms with Crippen LogP contribution in [0.1, 0.15) is 12.8 Å². The zero-order valence-corrected chi connectivity index (χ0v) is 15.4. The summed E-state index contributed by atoms with van der Waals surface area (Å²) in [7, 11) is 0. The molecule has 4 nitrogen and oxygen atoms in total. The van der Waals surface area contributed by atoms with E-state index in [4.69, 9.17) is 22.1 Å². The number of benzene rings is 2. The van der Waals surface area contributed by atoms with Gasteiger partial charge < -0.3 is 15.4 Å². The van der Waals surface area contributed by atoms with Crippen molar-refractivity contribution < 1.29 is 9.53 Å². The summed E-state index contributed by atoms with van der Waals surface area (Å²) in [5.74, 6) is 0.472. The number of hydrogen-bond donors (Lipinski definition) is 1. The van der Waals surface area contributed by atoms with E-state index in [2.05, 4.69) is 0 Å². The third kappa shape index (κ3) is 5.11. The molecule has 0 saturated carbocycles. The molecule has 2 aromatic carbocycles. The molecular formula is C19H22Cl2N2O2. The predicted octanol–water partition coefficient (Wildman–Crippen LogP) is 3.76. The van der Waals surface area contributed by atoms with E-state index in [-0.39, 0.29) is 31.0 Å². The predicted molar refractivity (Wildman–Crippen MR) is 103 cm³/mol. The van der Waals surface area contributed by atoms with Crippen LogP contribution in [0.2, 0.25) is 5.02 Å². The summed E-state index contributed by atoms with van der Waals surface area (Å²) in [5.41, 5.74) is 8.01. The van der Waals surface area contributed by atoms with Crippen molar-refractivity contribution in [3.63, 3.8) is 0 Å². The molecule has 0 bridgehead atoms. The van der Waals surface area contributed by atoms with Gasteiger partial charge in [-0.25, -0.2) is 0 Å². The summed E-state index contributed by atoms with van der Waals surface area (Å²) in [6.45, 7) is 1.33. The molecule has 1 amide bonds. The van der Waals surface area contributed by atoms with E-state index in [0.29, 0.717) is 17.3 Å². The fraction of sp³-hybridized carbons (Fsp3) is 0.316. The lowest BCUT2D eigenvalue weighted by atomic mass is 10.1. The van der Waals surface area contributed by atoms with Crippen molar-refractivity contribution in [3.05, 3.63) is 53.6 Å². The maximum absolute atomic E-state index is 12.2. The number of carbonyl (C=O) groups excluding carboxylic acids is 1. The summed E-state index contributed by atoms with van der Waals surface area (Å²) < 4.78 is 5.61. The van der Waals surface area contributed by atoms with Crippen molar-refractivity contribution in [1.82, 2.24) is 4.90 Å². The standard InChI is InChI=1S/C19H21ClN2O2.ClH/c20-17-11-15(14-5-2-1-3-6-14)8-9-18(17)24-13-19(23)22-10-4-7-16(21)12-22;/h1-3,5-6,8-9,11,16H,4,7,10,12-13,21H2;1H. The van der Waals surface area contributed by atoms with Crippen LogP contribution in [0.15, 0.2) is 48.5 Å². The lowest BCUT2D eigenvalue weighted by Crippen LogP contribution is -2.47. The van der Waals surface area contributed by atoms with Crippen LogP contribution in [0, 0.1) is 0 Å². The van der Waals surface area contributed by atoms with Gasteiger partial charge in [0.25, 0.3) is 5.91 Å². The lowest BCUT2D eigenvalue weighted by Gasteiger charge is -2.30. The number of nitrogens with zero attached hydrogens (tertiary/aromatic N) is 1. The summed E-state index contributed by atoms with van der Waals surface area (Å²) in [4.78, 5) is 14.0. The molecule has 0 radical (unpaired) electrons. The van der Waals surface area contributed by atoms with E-state index >= 15 is 0 Å². The van der Waals surface area contributed by atoms with Gasteiger partial charge in [-0.3, -0.25) is 4.79 Å². The number of piperidine rings is 1. The van der Waals surface area contributed by atoms with Gasteiger partial charge in [0.15, 0.2) is 6.61 Å². The first-order valence-corrected chi connectivity index (χ1v) is 8.52. The van der Waals surface area contributed by atoms with E-state index in [1.165, 1.54) is 0 Å². The zero-order chi connectivity index (χ0) is 16.9. The molecule has 1 aliphatic heterocycles. The van der Waals surface area contributed by atoms with Gasteiger partial charge in [0.05, 0.1) is 5.02 Å². The van der Waals surface area contributed by atoms with Crippen LogP contribution in [0.3, 0.4) is 0 Å². The van der Waals surface area contributed by atoms with Crippen LogP contribution in [-0.2, 0) is 4.79 Å². The van der Waals surface area contributed by atoms with Crippen molar-refractivity contribution in [2.24, 2.45) is 5.73 Å². The molecule has 1 aliphatic rings. The molecule has 1 fully saturated rings. The number of carbonyl (C=O) groups is 1. The molecule has 2 aromatic rings. The van der Waals surface area contributed by atoms with Crippen molar-refractivity contribution in [2.75, 3.05) is 19.7 Å².